The van der Waals surface area contributed by atoms with Crippen LogP contribution in [-0.4, -0.2) is 20.5 Å². The highest BCUT2D eigenvalue weighted by atomic mass is 35.5. The molecule has 26 heavy (non-hydrogen) atoms. The zero-order valence-electron chi connectivity index (χ0n) is 15.1. The zero-order chi connectivity index (χ0) is 18.7. The van der Waals surface area contributed by atoms with Gasteiger partial charge in [-0.1, -0.05) is 18.5 Å². The van der Waals surface area contributed by atoms with Crippen LogP contribution in [0.5, 0.6) is 5.75 Å². The van der Waals surface area contributed by atoms with Crippen LogP contribution in [0.15, 0.2) is 53.7 Å². The maximum Gasteiger partial charge on any atom is 0.250 e. The van der Waals surface area contributed by atoms with Gasteiger partial charge in [-0.3, -0.25) is 4.79 Å². The third-order valence-corrected chi connectivity index (χ3v) is 4.22. The van der Waals surface area contributed by atoms with Crippen molar-refractivity contribution in [3.8, 4) is 22.6 Å². The van der Waals surface area contributed by atoms with Crippen molar-refractivity contribution < 1.29 is 4.74 Å². The maximum absolute atomic E-state index is 11.9. The van der Waals surface area contributed by atoms with E-state index in [0.29, 0.717) is 11.6 Å². The Morgan fingerprint density at radius 1 is 1.19 bits per heavy atom. The van der Waals surface area contributed by atoms with Crippen LogP contribution in [0.4, 0.5) is 0 Å². The monoisotopic (exact) mass is 371 g/mol. The molecule has 0 aliphatic carbocycles. The standard InChI is InChI=1S/C20H22ClN3O2/c1-4-9-23-13-16(5-8-20(23)25)24-12-15(11-22-24)18-7-6-17(10-19(18)21)26-14(2)3/h5-8,10-14H,4,9H2,1-3H3. The summed E-state index contributed by atoms with van der Waals surface area (Å²) in [5.41, 5.74) is 2.61. The number of ether oxygens (including phenoxy) is 1. The lowest BCUT2D eigenvalue weighted by atomic mass is 10.1. The summed E-state index contributed by atoms with van der Waals surface area (Å²) in [5, 5.41) is 5.03. The van der Waals surface area contributed by atoms with E-state index < -0.39 is 0 Å². The number of nitrogens with zero attached hydrogens (tertiary/aromatic N) is 3. The Kier molecular flexibility index (Phi) is 5.47. The lowest BCUT2D eigenvalue weighted by molar-refractivity contribution is 0.242. The van der Waals surface area contributed by atoms with Gasteiger partial charge in [-0.05, 0) is 44.5 Å². The van der Waals surface area contributed by atoms with Gasteiger partial charge in [0.15, 0.2) is 0 Å². The van der Waals surface area contributed by atoms with E-state index in [-0.39, 0.29) is 11.7 Å². The molecule has 0 saturated carbocycles. The van der Waals surface area contributed by atoms with Crippen LogP contribution in [0.2, 0.25) is 5.02 Å². The van der Waals surface area contributed by atoms with E-state index in [4.69, 9.17) is 16.3 Å². The largest absolute Gasteiger partial charge is 0.491 e. The quantitative estimate of drug-likeness (QED) is 0.638. The Morgan fingerprint density at radius 3 is 2.69 bits per heavy atom. The van der Waals surface area contributed by atoms with Crippen molar-refractivity contribution in [2.45, 2.75) is 39.8 Å². The first kappa shape index (κ1) is 18.3. The fourth-order valence-corrected chi connectivity index (χ4v) is 3.03. The summed E-state index contributed by atoms with van der Waals surface area (Å²) in [6, 6.07) is 8.98. The third-order valence-electron chi connectivity index (χ3n) is 3.90. The number of pyridine rings is 1. The number of aryl methyl sites for hydroxylation is 1. The van der Waals surface area contributed by atoms with Gasteiger partial charge >= 0.3 is 0 Å². The number of aromatic nitrogens is 3. The van der Waals surface area contributed by atoms with Gasteiger partial charge in [-0.2, -0.15) is 5.10 Å². The number of hydrogen-bond acceptors (Lipinski definition) is 3. The van der Waals surface area contributed by atoms with E-state index >= 15 is 0 Å². The number of benzene rings is 1. The average molecular weight is 372 g/mol. The highest BCUT2D eigenvalue weighted by molar-refractivity contribution is 6.33. The Hall–Kier alpha value is -2.53. The van der Waals surface area contributed by atoms with Crippen molar-refractivity contribution >= 4 is 11.6 Å². The summed E-state index contributed by atoms with van der Waals surface area (Å²) in [6.07, 6.45) is 6.48. The molecule has 0 fully saturated rings. The summed E-state index contributed by atoms with van der Waals surface area (Å²) in [6.45, 7) is 6.68. The predicted molar refractivity (Wildman–Crippen MR) is 104 cm³/mol. The maximum atomic E-state index is 11.9. The van der Waals surface area contributed by atoms with Crippen LogP contribution >= 0.6 is 11.6 Å². The van der Waals surface area contributed by atoms with Crippen LogP contribution in [-0.2, 0) is 6.54 Å². The van der Waals surface area contributed by atoms with Gasteiger partial charge in [0, 0.05) is 36.1 Å². The third kappa shape index (κ3) is 3.99. The molecule has 2 heterocycles. The lowest BCUT2D eigenvalue weighted by Gasteiger charge is -2.11. The van der Waals surface area contributed by atoms with Gasteiger partial charge in [0.25, 0.3) is 5.56 Å². The first-order valence-corrected chi connectivity index (χ1v) is 9.08. The second-order valence-corrected chi connectivity index (χ2v) is 6.81. The second kappa shape index (κ2) is 7.79. The van der Waals surface area contributed by atoms with E-state index in [0.717, 1.165) is 29.0 Å². The zero-order valence-corrected chi connectivity index (χ0v) is 15.9. The minimum atomic E-state index is -0.00762. The van der Waals surface area contributed by atoms with Crippen molar-refractivity contribution in [1.29, 1.82) is 0 Å². The molecule has 136 valence electrons. The molecule has 0 aliphatic heterocycles. The Labute approximate surface area is 157 Å². The van der Waals surface area contributed by atoms with Crippen molar-refractivity contribution in [3.63, 3.8) is 0 Å². The summed E-state index contributed by atoms with van der Waals surface area (Å²) >= 11 is 6.43. The van der Waals surface area contributed by atoms with Gasteiger partial charge < -0.3 is 9.30 Å². The van der Waals surface area contributed by atoms with E-state index in [1.165, 1.54) is 0 Å². The van der Waals surface area contributed by atoms with Crippen LogP contribution in [0.1, 0.15) is 27.2 Å². The molecular formula is C20H22ClN3O2. The molecule has 3 aromatic rings. The molecule has 0 bridgehead atoms. The van der Waals surface area contributed by atoms with Crippen molar-refractivity contribution in [2.75, 3.05) is 0 Å². The van der Waals surface area contributed by atoms with E-state index in [1.54, 1.807) is 27.6 Å². The normalized spacial score (nSPS) is 11.1. The molecule has 0 N–H and O–H groups in total. The molecular weight excluding hydrogens is 350 g/mol. The minimum absolute atomic E-state index is 0.00762. The summed E-state index contributed by atoms with van der Waals surface area (Å²) in [4.78, 5) is 11.9. The van der Waals surface area contributed by atoms with E-state index in [9.17, 15) is 4.79 Å². The average Bonchev–Trinajstić information content (AvgIpc) is 3.06. The molecule has 1 aromatic carbocycles. The van der Waals surface area contributed by atoms with Gasteiger partial charge in [0.2, 0.25) is 0 Å². The van der Waals surface area contributed by atoms with Crippen LogP contribution in [0, 0.1) is 0 Å². The predicted octanol–water partition coefficient (Wildman–Crippen LogP) is 4.55. The first-order valence-electron chi connectivity index (χ1n) is 8.70. The molecule has 0 amide bonds. The Morgan fingerprint density at radius 2 is 2.00 bits per heavy atom. The molecule has 2 aromatic heterocycles. The summed E-state index contributed by atoms with van der Waals surface area (Å²) in [5.74, 6) is 0.743. The molecule has 0 aliphatic rings. The first-order chi connectivity index (χ1) is 12.5. The van der Waals surface area contributed by atoms with Crippen molar-refractivity contribution in [1.82, 2.24) is 14.3 Å². The van der Waals surface area contributed by atoms with Crippen LogP contribution in [0.3, 0.4) is 0 Å². The summed E-state index contributed by atoms with van der Waals surface area (Å²) < 4.78 is 9.11. The van der Waals surface area contributed by atoms with Gasteiger partial charge in [-0.25, -0.2) is 4.68 Å². The Balaban J connectivity index is 1.91. The SMILES string of the molecule is CCCn1cc(-n2cc(-c3ccc(OC(C)C)cc3Cl)cn2)ccc1=O. The lowest BCUT2D eigenvalue weighted by Crippen LogP contribution is -2.19. The Bertz CT molecular complexity index is 960. The number of hydrogen-bond donors (Lipinski definition) is 0. The number of halogens is 1. The van der Waals surface area contributed by atoms with Crippen molar-refractivity contribution in [3.05, 3.63) is 64.3 Å². The van der Waals surface area contributed by atoms with Gasteiger partial charge in [0.1, 0.15) is 5.75 Å². The molecule has 0 radical (unpaired) electrons. The summed E-state index contributed by atoms with van der Waals surface area (Å²) in [7, 11) is 0. The van der Waals surface area contributed by atoms with Crippen molar-refractivity contribution in [2.24, 2.45) is 0 Å². The smallest absolute Gasteiger partial charge is 0.250 e. The van der Waals surface area contributed by atoms with Gasteiger partial charge in [0.05, 0.1) is 23.0 Å². The molecule has 0 atom stereocenters. The van der Waals surface area contributed by atoms with E-state index in [1.807, 2.05) is 51.4 Å². The van der Waals surface area contributed by atoms with E-state index in [2.05, 4.69) is 5.10 Å². The van der Waals surface area contributed by atoms with Crippen LogP contribution < -0.4 is 10.3 Å². The van der Waals surface area contributed by atoms with Crippen LogP contribution in [0.25, 0.3) is 16.8 Å². The highest BCUT2D eigenvalue weighted by Gasteiger charge is 2.10. The fourth-order valence-electron chi connectivity index (χ4n) is 2.75. The molecule has 6 heteroatoms. The molecule has 3 rings (SSSR count). The fraction of sp³-hybridized carbons (Fsp3) is 0.300. The molecule has 0 saturated heterocycles. The molecule has 0 spiro atoms. The molecule has 5 nitrogen and oxygen atoms in total. The number of rotatable bonds is 6. The highest BCUT2D eigenvalue weighted by Crippen LogP contribution is 2.31. The van der Waals surface area contributed by atoms with Gasteiger partial charge in [-0.15, -0.1) is 0 Å². The second-order valence-electron chi connectivity index (χ2n) is 6.40. The molecule has 0 unspecified atom stereocenters. The minimum Gasteiger partial charge on any atom is -0.491 e. The topological polar surface area (TPSA) is 49.0 Å².